The van der Waals surface area contributed by atoms with Gasteiger partial charge in [0.25, 0.3) is 0 Å². The van der Waals surface area contributed by atoms with Gasteiger partial charge in [-0.1, -0.05) is 0 Å². The van der Waals surface area contributed by atoms with Crippen LogP contribution in [0.15, 0.2) is 18.2 Å². The number of alkyl halides is 4. The average molecular weight is 285 g/mol. The highest BCUT2D eigenvalue weighted by Crippen LogP contribution is 2.33. The molecule has 0 aliphatic carbocycles. The van der Waals surface area contributed by atoms with E-state index in [1.165, 1.54) is 6.92 Å². The molecular formula is C11H9ClF4O2. The molecule has 18 heavy (non-hydrogen) atoms. The molecule has 0 amide bonds. The number of ether oxygens (including phenoxy) is 1. The molecule has 0 aromatic heterocycles. The normalized spacial score (nSPS) is 13.2. The molecule has 0 saturated carbocycles. The maximum atomic E-state index is 13.1. The fourth-order valence-electron chi connectivity index (χ4n) is 1.27. The number of carbonyl (C=O) groups excluding carboxylic acids is 1. The molecule has 0 aliphatic rings. The van der Waals surface area contributed by atoms with Gasteiger partial charge in [0.05, 0.1) is 12.2 Å². The van der Waals surface area contributed by atoms with Crippen LogP contribution in [-0.2, 0) is 15.7 Å². The van der Waals surface area contributed by atoms with E-state index in [0.717, 1.165) is 6.07 Å². The Kier molecular flexibility index (Phi) is 4.56. The van der Waals surface area contributed by atoms with Gasteiger partial charge in [0.2, 0.25) is 0 Å². The van der Waals surface area contributed by atoms with Crippen LogP contribution in [0.25, 0.3) is 0 Å². The molecule has 0 heterocycles. The predicted octanol–water partition coefficient (Wildman–Crippen LogP) is 3.69. The summed E-state index contributed by atoms with van der Waals surface area (Å²) in [5.41, 5.74) is -1.49. The Morgan fingerprint density at radius 2 is 2.00 bits per heavy atom. The first-order valence-corrected chi connectivity index (χ1v) is 5.37. The number of benzene rings is 1. The largest absolute Gasteiger partial charge is 0.465 e. The summed E-state index contributed by atoms with van der Waals surface area (Å²) in [4.78, 5) is 11.3. The first-order chi connectivity index (χ1) is 8.25. The van der Waals surface area contributed by atoms with Gasteiger partial charge in [0.15, 0.2) is 5.38 Å². The number of esters is 1. The molecule has 0 fully saturated rings. The van der Waals surface area contributed by atoms with Crippen LogP contribution in [0.5, 0.6) is 0 Å². The van der Waals surface area contributed by atoms with Gasteiger partial charge < -0.3 is 4.74 Å². The van der Waals surface area contributed by atoms with Crippen molar-refractivity contribution in [2.45, 2.75) is 18.5 Å². The van der Waals surface area contributed by atoms with Gasteiger partial charge in [0, 0.05) is 0 Å². The van der Waals surface area contributed by atoms with Crippen molar-refractivity contribution in [3.8, 4) is 0 Å². The Morgan fingerprint density at radius 1 is 1.39 bits per heavy atom. The summed E-state index contributed by atoms with van der Waals surface area (Å²) in [6.45, 7) is 1.55. The Bertz CT molecular complexity index is 445. The molecular weight excluding hydrogens is 276 g/mol. The van der Waals surface area contributed by atoms with Crippen LogP contribution >= 0.6 is 11.6 Å². The molecule has 0 aliphatic heterocycles. The molecule has 1 aromatic carbocycles. The van der Waals surface area contributed by atoms with Gasteiger partial charge >= 0.3 is 12.1 Å². The van der Waals surface area contributed by atoms with Crippen molar-refractivity contribution < 1.29 is 27.1 Å². The van der Waals surface area contributed by atoms with Crippen molar-refractivity contribution >= 4 is 17.6 Å². The van der Waals surface area contributed by atoms with E-state index in [1.54, 1.807) is 0 Å². The molecule has 0 bridgehead atoms. The van der Waals surface area contributed by atoms with E-state index in [0.29, 0.717) is 12.1 Å². The van der Waals surface area contributed by atoms with E-state index < -0.39 is 28.9 Å². The van der Waals surface area contributed by atoms with Crippen LogP contribution < -0.4 is 0 Å². The summed E-state index contributed by atoms with van der Waals surface area (Å²) in [6.07, 6.45) is -4.71. The van der Waals surface area contributed by atoms with Gasteiger partial charge in [-0.25, -0.2) is 4.39 Å². The van der Waals surface area contributed by atoms with Crippen LogP contribution in [0.4, 0.5) is 17.6 Å². The highest BCUT2D eigenvalue weighted by molar-refractivity contribution is 6.29. The SMILES string of the molecule is CCOC(=O)C(Cl)c1cc(F)cc(C(F)(F)F)c1. The summed E-state index contributed by atoms with van der Waals surface area (Å²) in [5.74, 6) is -2.03. The van der Waals surface area contributed by atoms with Crippen LogP contribution in [-0.4, -0.2) is 12.6 Å². The van der Waals surface area contributed by atoms with E-state index in [1.807, 2.05) is 0 Å². The molecule has 0 saturated heterocycles. The maximum absolute atomic E-state index is 13.1. The van der Waals surface area contributed by atoms with Crippen molar-refractivity contribution in [2.24, 2.45) is 0 Å². The Labute approximate surface area is 105 Å². The van der Waals surface area contributed by atoms with Crippen LogP contribution in [0.3, 0.4) is 0 Å². The molecule has 1 rings (SSSR count). The second-order valence-corrected chi connectivity index (χ2v) is 3.82. The van der Waals surface area contributed by atoms with Gasteiger partial charge in [-0.2, -0.15) is 13.2 Å². The van der Waals surface area contributed by atoms with E-state index in [2.05, 4.69) is 4.74 Å². The fourth-order valence-corrected chi connectivity index (χ4v) is 1.46. The third kappa shape index (κ3) is 3.60. The molecule has 0 N–H and O–H groups in total. The van der Waals surface area contributed by atoms with Crippen molar-refractivity contribution in [3.63, 3.8) is 0 Å². The lowest BCUT2D eigenvalue weighted by Gasteiger charge is -2.12. The molecule has 0 spiro atoms. The average Bonchev–Trinajstić information content (AvgIpc) is 2.26. The van der Waals surface area contributed by atoms with E-state index >= 15 is 0 Å². The van der Waals surface area contributed by atoms with Gasteiger partial charge in [-0.15, -0.1) is 11.6 Å². The highest BCUT2D eigenvalue weighted by atomic mass is 35.5. The number of hydrogen-bond acceptors (Lipinski definition) is 2. The van der Waals surface area contributed by atoms with Gasteiger partial charge in [-0.3, -0.25) is 4.79 Å². The van der Waals surface area contributed by atoms with Crippen LogP contribution in [0.2, 0.25) is 0 Å². The Hall–Kier alpha value is -1.30. The van der Waals surface area contributed by atoms with Crippen molar-refractivity contribution in [3.05, 3.63) is 35.1 Å². The van der Waals surface area contributed by atoms with E-state index in [-0.39, 0.29) is 12.2 Å². The Balaban J connectivity index is 3.10. The fraction of sp³-hybridized carbons (Fsp3) is 0.364. The molecule has 1 unspecified atom stereocenters. The van der Waals surface area contributed by atoms with Gasteiger partial charge in [-0.05, 0) is 30.7 Å². The second-order valence-electron chi connectivity index (χ2n) is 3.39. The molecule has 2 nitrogen and oxygen atoms in total. The standard InChI is InChI=1S/C11H9ClF4O2/c1-2-18-10(17)9(12)6-3-7(11(14,15)16)5-8(13)4-6/h3-5,9H,2H2,1H3. The first kappa shape index (κ1) is 14.8. The lowest BCUT2D eigenvalue weighted by atomic mass is 10.1. The van der Waals surface area contributed by atoms with Crippen LogP contribution in [0, 0.1) is 5.82 Å². The lowest BCUT2D eigenvalue weighted by molar-refractivity contribution is -0.143. The third-order valence-corrected chi connectivity index (χ3v) is 2.46. The summed E-state index contributed by atoms with van der Waals surface area (Å²) >= 11 is 5.62. The quantitative estimate of drug-likeness (QED) is 0.481. The zero-order chi connectivity index (χ0) is 13.9. The number of carbonyl (C=O) groups is 1. The van der Waals surface area contributed by atoms with Crippen molar-refractivity contribution in [1.29, 1.82) is 0 Å². The Morgan fingerprint density at radius 3 is 2.50 bits per heavy atom. The highest BCUT2D eigenvalue weighted by Gasteiger charge is 2.32. The van der Waals surface area contributed by atoms with E-state index in [9.17, 15) is 22.4 Å². The number of hydrogen-bond donors (Lipinski definition) is 0. The molecule has 0 radical (unpaired) electrons. The monoisotopic (exact) mass is 284 g/mol. The van der Waals surface area contributed by atoms with E-state index in [4.69, 9.17) is 11.6 Å². The summed E-state index contributed by atoms with van der Waals surface area (Å²) in [7, 11) is 0. The van der Waals surface area contributed by atoms with Crippen molar-refractivity contribution in [1.82, 2.24) is 0 Å². The molecule has 100 valence electrons. The molecule has 1 atom stereocenters. The molecule has 7 heteroatoms. The summed E-state index contributed by atoms with van der Waals surface area (Å²) in [5, 5.41) is -1.47. The minimum atomic E-state index is -4.71. The zero-order valence-corrected chi connectivity index (χ0v) is 9.98. The molecule has 1 aromatic rings. The van der Waals surface area contributed by atoms with Crippen LogP contribution in [0.1, 0.15) is 23.4 Å². The zero-order valence-electron chi connectivity index (χ0n) is 9.22. The number of rotatable bonds is 3. The smallest absolute Gasteiger partial charge is 0.416 e. The predicted molar refractivity (Wildman–Crippen MR) is 56.6 cm³/mol. The van der Waals surface area contributed by atoms with Gasteiger partial charge in [0.1, 0.15) is 5.82 Å². The minimum Gasteiger partial charge on any atom is -0.465 e. The topological polar surface area (TPSA) is 26.3 Å². The summed E-state index contributed by atoms with van der Waals surface area (Å²) in [6, 6.07) is 1.72. The minimum absolute atomic E-state index is 0.0312. The second kappa shape index (κ2) is 5.56. The lowest BCUT2D eigenvalue weighted by Crippen LogP contribution is -2.13. The summed E-state index contributed by atoms with van der Waals surface area (Å²) < 4.78 is 54.9. The maximum Gasteiger partial charge on any atom is 0.416 e. The first-order valence-electron chi connectivity index (χ1n) is 4.94. The third-order valence-electron chi connectivity index (χ3n) is 2.03. The van der Waals surface area contributed by atoms with Crippen molar-refractivity contribution in [2.75, 3.05) is 6.61 Å². The number of halogens is 5.